The van der Waals surface area contributed by atoms with Gasteiger partial charge in [0, 0.05) is 4.47 Å². The van der Waals surface area contributed by atoms with Crippen molar-refractivity contribution in [2.75, 3.05) is 0 Å². The first-order valence-corrected chi connectivity index (χ1v) is 6.92. The quantitative estimate of drug-likeness (QED) is 0.823. The van der Waals surface area contributed by atoms with Crippen LogP contribution in [0.4, 0.5) is 0 Å². The lowest BCUT2D eigenvalue weighted by molar-refractivity contribution is 0.956. The molecule has 6 heteroatoms. The second kappa shape index (κ2) is 5.40. The van der Waals surface area contributed by atoms with Crippen LogP contribution < -0.4 is 11.5 Å². The zero-order chi connectivity index (χ0) is 14.0. The van der Waals surface area contributed by atoms with Crippen LogP contribution in [-0.4, -0.2) is 0 Å². The third kappa shape index (κ3) is 2.46. The maximum absolute atomic E-state index is 9.28. The third-order valence-electron chi connectivity index (χ3n) is 2.75. The number of nitriles is 2. The molecule has 1 aromatic carbocycles. The predicted octanol–water partition coefficient (Wildman–Crippen LogP) is 2.67. The van der Waals surface area contributed by atoms with E-state index in [1.807, 2.05) is 24.3 Å². The number of halogens is 1. The molecule has 1 aliphatic rings. The van der Waals surface area contributed by atoms with Crippen molar-refractivity contribution >= 4 is 27.7 Å². The number of rotatable bonds is 1. The molecule has 0 unspecified atom stereocenters. The van der Waals surface area contributed by atoms with E-state index in [0.29, 0.717) is 21.2 Å². The summed E-state index contributed by atoms with van der Waals surface area (Å²) in [7, 11) is 0. The highest BCUT2D eigenvalue weighted by molar-refractivity contribution is 9.10. The molecule has 2 rings (SSSR count). The van der Waals surface area contributed by atoms with Gasteiger partial charge in [0.05, 0.1) is 39.3 Å². The van der Waals surface area contributed by atoms with Crippen molar-refractivity contribution in [2.45, 2.75) is 5.92 Å². The third-order valence-corrected chi connectivity index (χ3v) is 4.12. The van der Waals surface area contributed by atoms with Crippen molar-refractivity contribution in [1.29, 1.82) is 10.5 Å². The van der Waals surface area contributed by atoms with E-state index in [4.69, 9.17) is 11.5 Å². The first kappa shape index (κ1) is 13.5. The lowest BCUT2D eigenvalue weighted by Gasteiger charge is -2.23. The highest BCUT2D eigenvalue weighted by atomic mass is 79.9. The first-order valence-electron chi connectivity index (χ1n) is 5.31. The highest BCUT2D eigenvalue weighted by Crippen LogP contribution is 2.43. The van der Waals surface area contributed by atoms with Crippen LogP contribution in [0, 0.1) is 22.7 Å². The van der Waals surface area contributed by atoms with Crippen molar-refractivity contribution in [2.24, 2.45) is 11.5 Å². The monoisotopic (exact) mass is 332 g/mol. The van der Waals surface area contributed by atoms with E-state index in [0.717, 1.165) is 21.8 Å². The molecule has 0 saturated heterocycles. The van der Waals surface area contributed by atoms with Crippen molar-refractivity contribution in [3.05, 3.63) is 55.5 Å². The van der Waals surface area contributed by atoms with Gasteiger partial charge in [-0.05, 0) is 17.7 Å². The topological polar surface area (TPSA) is 99.6 Å². The lowest BCUT2D eigenvalue weighted by Crippen LogP contribution is -2.18. The molecule has 0 spiro atoms. The molecule has 0 atom stereocenters. The minimum atomic E-state index is -0.492. The van der Waals surface area contributed by atoms with Gasteiger partial charge in [-0.3, -0.25) is 0 Å². The number of nitrogens with two attached hydrogens (primary N) is 2. The Morgan fingerprint density at radius 2 is 1.68 bits per heavy atom. The van der Waals surface area contributed by atoms with Gasteiger partial charge in [-0.2, -0.15) is 10.5 Å². The molecule has 1 aromatic rings. The molecule has 94 valence electrons. The van der Waals surface area contributed by atoms with Crippen LogP contribution in [0.25, 0.3) is 0 Å². The summed E-state index contributed by atoms with van der Waals surface area (Å²) in [5, 5.41) is 19.3. The van der Waals surface area contributed by atoms with Crippen LogP contribution in [-0.2, 0) is 0 Å². The Morgan fingerprint density at radius 1 is 1.11 bits per heavy atom. The summed E-state index contributed by atoms with van der Waals surface area (Å²) >= 11 is 4.44. The highest BCUT2D eigenvalue weighted by Gasteiger charge is 2.31. The molecule has 0 bridgehead atoms. The largest absolute Gasteiger partial charge is 0.392 e. The van der Waals surface area contributed by atoms with E-state index in [2.05, 4.69) is 28.1 Å². The molecule has 0 amide bonds. The van der Waals surface area contributed by atoms with Gasteiger partial charge in [-0.15, -0.1) is 0 Å². The molecule has 0 aliphatic carbocycles. The van der Waals surface area contributed by atoms with Gasteiger partial charge >= 0.3 is 0 Å². The number of hydrogen-bond donors (Lipinski definition) is 2. The van der Waals surface area contributed by atoms with Crippen molar-refractivity contribution in [3.8, 4) is 12.1 Å². The normalized spacial score (nSPS) is 16.2. The Morgan fingerprint density at radius 3 is 2.16 bits per heavy atom. The van der Waals surface area contributed by atoms with Gasteiger partial charge in [-0.1, -0.05) is 39.8 Å². The predicted molar refractivity (Wildman–Crippen MR) is 78.1 cm³/mol. The second-order valence-electron chi connectivity index (χ2n) is 3.87. The first-order chi connectivity index (χ1) is 9.08. The van der Waals surface area contributed by atoms with E-state index < -0.39 is 5.92 Å². The second-order valence-corrected chi connectivity index (χ2v) is 5.87. The van der Waals surface area contributed by atoms with E-state index >= 15 is 0 Å². The molecule has 0 fully saturated rings. The van der Waals surface area contributed by atoms with E-state index in [-0.39, 0.29) is 0 Å². The van der Waals surface area contributed by atoms with Gasteiger partial charge in [0.1, 0.15) is 0 Å². The van der Waals surface area contributed by atoms with Crippen molar-refractivity contribution in [3.63, 3.8) is 0 Å². The van der Waals surface area contributed by atoms with Crippen molar-refractivity contribution in [1.82, 2.24) is 0 Å². The number of nitrogens with zero attached hydrogens (tertiary/aromatic N) is 2. The Hall–Kier alpha value is -1.89. The molecule has 1 aliphatic heterocycles. The summed E-state index contributed by atoms with van der Waals surface area (Å²) in [5.74, 6) is -0.492. The fraction of sp³-hybridized carbons (Fsp3) is 0.0769. The Balaban J connectivity index is 2.65. The molecule has 0 saturated carbocycles. The summed E-state index contributed by atoms with van der Waals surface area (Å²) in [4.78, 5) is 0. The Labute approximate surface area is 123 Å². The van der Waals surface area contributed by atoms with Gasteiger partial charge < -0.3 is 11.5 Å². The van der Waals surface area contributed by atoms with Gasteiger partial charge in [0.2, 0.25) is 0 Å². The van der Waals surface area contributed by atoms with Crippen LogP contribution >= 0.6 is 27.7 Å². The van der Waals surface area contributed by atoms with E-state index in [1.54, 1.807) is 0 Å². The Kier molecular flexibility index (Phi) is 3.84. The maximum Gasteiger partial charge on any atom is 0.0985 e. The molecule has 1 heterocycles. The van der Waals surface area contributed by atoms with Crippen LogP contribution in [0.1, 0.15) is 11.5 Å². The van der Waals surface area contributed by atoms with Crippen LogP contribution in [0.3, 0.4) is 0 Å². The minimum Gasteiger partial charge on any atom is -0.392 e. The summed E-state index contributed by atoms with van der Waals surface area (Å²) < 4.78 is 0.870. The van der Waals surface area contributed by atoms with Crippen LogP contribution in [0.5, 0.6) is 0 Å². The molecule has 19 heavy (non-hydrogen) atoms. The fourth-order valence-electron chi connectivity index (χ4n) is 1.92. The zero-order valence-electron chi connectivity index (χ0n) is 9.72. The molecule has 4 nitrogen and oxygen atoms in total. The summed E-state index contributed by atoms with van der Waals surface area (Å²) in [5.41, 5.74) is 13.2. The standard InChI is InChI=1S/C13H9BrN4S/c14-8-3-1-2-7(4-8)11-9(5-15)12(17)19-13(18)10(11)6-16/h1-4,11H,17-18H2. The smallest absolute Gasteiger partial charge is 0.0985 e. The fourth-order valence-corrected chi connectivity index (χ4v) is 3.12. The van der Waals surface area contributed by atoms with E-state index in [1.165, 1.54) is 0 Å². The molecule has 4 N–H and O–H groups in total. The number of allylic oxidation sites excluding steroid dienone is 2. The van der Waals surface area contributed by atoms with Crippen molar-refractivity contribution < 1.29 is 0 Å². The molecule has 0 aromatic heterocycles. The zero-order valence-corrected chi connectivity index (χ0v) is 12.1. The summed E-state index contributed by atoms with van der Waals surface area (Å²) in [6.45, 7) is 0. The summed E-state index contributed by atoms with van der Waals surface area (Å²) in [6, 6.07) is 11.6. The van der Waals surface area contributed by atoms with E-state index in [9.17, 15) is 10.5 Å². The average molecular weight is 333 g/mol. The molecular weight excluding hydrogens is 324 g/mol. The molecular formula is C13H9BrN4S. The SMILES string of the molecule is N#CC1=C(N)SC(N)=C(C#N)C1c1cccc(Br)c1. The number of thioether (sulfide) groups is 1. The summed E-state index contributed by atoms with van der Waals surface area (Å²) in [6.07, 6.45) is 0. The molecule has 0 radical (unpaired) electrons. The average Bonchev–Trinajstić information content (AvgIpc) is 2.38. The number of benzene rings is 1. The Bertz CT molecular complexity index is 643. The van der Waals surface area contributed by atoms with Gasteiger partial charge in [-0.25, -0.2) is 0 Å². The van der Waals surface area contributed by atoms with Gasteiger partial charge in [0.25, 0.3) is 0 Å². The van der Waals surface area contributed by atoms with Crippen LogP contribution in [0.15, 0.2) is 49.9 Å². The maximum atomic E-state index is 9.28. The number of hydrogen-bond acceptors (Lipinski definition) is 5. The van der Waals surface area contributed by atoms with Crippen LogP contribution in [0.2, 0.25) is 0 Å². The lowest BCUT2D eigenvalue weighted by atomic mass is 9.86. The van der Waals surface area contributed by atoms with Gasteiger partial charge in [0.15, 0.2) is 0 Å². The minimum absolute atomic E-state index is 0.351.